The zero-order valence-corrected chi connectivity index (χ0v) is 12.4. The minimum absolute atomic E-state index is 0.220. The van der Waals surface area contributed by atoms with E-state index >= 15 is 0 Å². The SMILES string of the molecule is COc1ccccc1NC(=O)[C@@H](C)Oc1ccccc1C. The molecule has 110 valence electrons. The van der Waals surface area contributed by atoms with E-state index in [1.165, 1.54) is 0 Å². The van der Waals surface area contributed by atoms with Crippen LogP contribution in [0.25, 0.3) is 0 Å². The Bertz CT molecular complexity index is 625. The highest BCUT2D eigenvalue weighted by Gasteiger charge is 2.17. The maximum atomic E-state index is 12.2. The van der Waals surface area contributed by atoms with Crippen molar-refractivity contribution in [3.05, 3.63) is 54.1 Å². The highest BCUT2D eigenvalue weighted by molar-refractivity contribution is 5.95. The summed E-state index contributed by atoms with van der Waals surface area (Å²) in [4.78, 5) is 12.2. The fraction of sp³-hybridized carbons (Fsp3) is 0.235. The average Bonchev–Trinajstić information content (AvgIpc) is 2.50. The van der Waals surface area contributed by atoms with Crippen LogP contribution in [0, 0.1) is 6.92 Å². The Morgan fingerprint density at radius 1 is 1.05 bits per heavy atom. The molecular weight excluding hydrogens is 266 g/mol. The quantitative estimate of drug-likeness (QED) is 0.915. The molecule has 1 amide bonds. The Balaban J connectivity index is 2.05. The van der Waals surface area contributed by atoms with Crippen LogP contribution < -0.4 is 14.8 Å². The van der Waals surface area contributed by atoms with Crippen LogP contribution in [-0.4, -0.2) is 19.1 Å². The topological polar surface area (TPSA) is 47.6 Å². The van der Waals surface area contributed by atoms with Crippen LogP contribution in [0.2, 0.25) is 0 Å². The number of nitrogens with one attached hydrogen (secondary N) is 1. The maximum Gasteiger partial charge on any atom is 0.265 e. The number of carbonyl (C=O) groups is 1. The second kappa shape index (κ2) is 6.79. The van der Waals surface area contributed by atoms with Gasteiger partial charge in [-0.15, -0.1) is 0 Å². The third kappa shape index (κ3) is 3.75. The van der Waals surface area contributed by atoms with E-state index in [2.05, 4.69) is 5.32 Å². The van der Waals surface area contributed by atoms with Gasteiger partial charge in [0.05, 0.1) is 12.8 Å². The summed E-state index contributed by atoms with van der Waals surface area (Å²) in [6.45, 7) is 3.66. The van der Waals surface area contributed by atoms with Crippen LogP contribution in [0.3, 0.4) is 0 Å². The van der Waals surface area contributed by atoms with Gasteiger partial charge in [0.2, 0.25) is 0 Å². The summed E-state index contributed by atoms with van der Waals surface area (Å²) in [5, 5.41) is 2.81. The van der Waals surface area contributed by atoms with E-state index in [1.807, 2.05) is 43.3 Å². The van der Waals surface area contributed by atoms with Crippen molar-refractivity contribution in [3.8, 4) is 11.5 Å². The fourth-order valence-electron chi connectivity index (χ4n) is 1.91. The van der Waals surface area contributed by atoms with Gasteiger partial charge in [0.1, 0.15) is 11.5 Å². The van der Waals surface area contributed by atoms with Crippen molar-refractivity contribution in [1.82, 2.24) is 0 Å². The first kappa shape index (κ1) is 14.9. The number of aryl methyl sites for hydroxylation is 1. The molecule has 1 N–H and O–H groups in total. The molecule has 0 spiro atoms. The van der Waals surface area contributed by atoms with Gasteiger partial charge in [-0.3, -0.25) is 4.79 Å². The molecule has 0 unspecified atom stereocenters. The standard InChI is InChI=1S/C17H19NO3/c1-12-8-4-6-10-15(12)21-13(2)17(19)18-14-9-5-7-11-16(14)20-3/h4-11,13H,1-3H3,(H,18,19)/t13-/m1/s1. The Morgan fingerprint density at radius 2 is 1.67 bits per heavy atom. The lowest BCUT2D eigenvalue weighted by Gasteiger charge is -2.17. The lowest BCUT2D eigenvalue weighted by molar-refractivity contribution is -0.122. The number of carbonyl (C=O) groups excluding carboxylic acids is 1. The van der Waals surface area contributed by atoms with E-state index in [-0.39, 0.29) is 5.91 Å². The molecule has 0 saturated heterocycles. The zero-order chi connectivity index (χ0) is 15.2. The second-order valence-electron chi connectivity index (χ2n) is 4.72. The van der Waals surface area contributed by atoms with Crippen molar-refractivity contribution >= 4 is 11.6 Å². The molecule has 4 heteroatoms. The van der Waals surface area contributed by atoms with Gasteiger partial charge in [-0.1, -0.05) is 30.3 Å². The summed E-state index contributed by atoms with van der Waals surface area (Å²) in [6, 6.07) is 14.9. The van der Waals surface area contributed by atoms with Crippen LogP contribution in [0.15, 0.2) is 48.5 Å². The van der Waals surface area contributed by atoms with Crippen LogP contribution in [0.1, 0.15) is 12.5 Å². The maximum absolute atomic E-state index is 12.2. The largest absolute Gasteiger partial charge is 0.495 e. The number of rotatable bonds is 5. The fourth-order valence-corrected chi connectivity index (χ4v) is 1.91. The monoisotopic (exact) mass is 285 g/mol. The third-order valence-electron chi connectivity index (χ3n) is 3.13. The average molecular weight is 285 g/mol. The molecule has 1 atom stereocenters. The minimum Gasteiger partial charge on any atom is -0.495 e. The smallest absolute Gasteiger partial charge is 0.265 e. The number of anilines is 1. The van der Waals surface area contributed by atoms with Crippen molar-refractivity contribution < 1.29 is 14.3 Å². The molecule has 2 aromatic rings. The van der Waals surface area contributed by atoms with Crippen molar-refractivity contribution in [3.63, 3.8) is 0 Å². The number of ether oxygens (including phenoxy) is 2. The van der Waals surface area contributed by atoms with Crippen LogP contribution >= 0.6 is 0 Å². The molecule has 0 fully saturated rings. The first-order valence-electron chi connectivity index (χ1n) is 6.78. The zero-order valence-electron chi connectivity index (χ0n) is 12.4. The van der Waals surface area contributed by atoms with E-state index in [9.17, 15) is 4.79 Å². The van der Waals surface area contributed by atoms with Gasteiger partial charge in [0.15, 0.2) is 6.10 Å². The summed E-state index contributed by atoms with van der Waals surface area (Å²) >= 11 is 0. The third-order valence-corrected chi connectivity index (χ3v) is 3.13. The lowest BCUT2D eigenvalue weighted by atomic mass is 10.2. The minimum atomic E-state index is -0.601. The number of benzene rings is 2. The molecule has 0 heterocycles. The van der Waals surface area contributed by atoms with E-state index in [0.717, 1.165) is 5.56 Å². The molecular formula is C17H19NO3. The second-order valence-corrected chi connectivity index (χ2v) is 4.72. The van der Waals surface area contributed by atoms with Gasteiger partial charge >= 0.3 is 0 Å². The molecule has 0 aliphatic rings. The number of hydrogen-bond donors (Lipinski definition) is 1. The molecule has 0 saturated carbocycles. The Morgan fingerprint density at radius 3 is 2.33 bits per heavy atom. The van der Waals surface area contributed by atoms with E-state index in [4.69, 9.17) is 9.47 Å². The normalized spacial score (nSPS) is 11.6. The molecule has 0 bridgehead atoms. The van der Waals surface area contributed by atoms with Gasteiger partial charge in [0, 0.05) is 0 Å². The van der Waals surface area contributed by atoms with Crippen molar-refractivity contribution in [2.45, 2.75) is 20.0 Å². The van der Waals surface area contributed by atoms with Crippen LogP contribution in [0.5, 0.6) is 11.5 Å². The predicted molar refractivity (Wildman–Crippen MR) is 82.9 cm³/mol. The molecule has 21 heavy (non-hydrogen) atoms. The summed E-state index contributed by atoms with van der Waals surface area (Å²) in [7, 11) is 1.57. The summed E-state index contributed by atoms with van der Waals surface area (Å²) in [5.74, 6) is 1.11. The van der Waals surface area contributed by atoms with E-state index < -0.39 is 6.10 Å². The molecule has 4 nitrogen and oxygen atoms in total. The highest BCUT2D eigenvalue weighted by atomic mass is 16.5. The first-order chi connectivity index (χ1) is 10.1. The lowest BCUT2D eigenvalue weighted by Crippen LogP contribution is -2.30. The Labute approximate surface area is 124 Å². The van der Waals surface area contributed by atoms with Crippen molar-refractivity contribution in [1.29, 1.82) is 0 Å². The number of methoxy groups -OCH3 is 1. The van der Waals surface area contributed by atoms with Gasteiger partial charge in [0.25, 0.3) is 5.91 Å². The summed E-state index contributed by atoms with van der Waals surface area (Å²) in [6.07, 6.45) is -0.601. The summed E-state index contributed by atoms with van der Waals surface area (Å²) < 4.78 is 10.9. The predicted octanol–water partition coefficient (Wildman–Crippen LogP) is 3.41. The highest BCUT2D eigenvalue weighted by Crippen LogP contribution is 2.24. The molecule has 2 rings (SSSR count). The Hall–Kier alpha value is -2.49. The van der Waals surface area contributed by atoms with Crippen LogP contribution in [-0.2, 0) is 4.79 Å². The summed E-state index contributed by atoms with van der Waals surface area (Å²) in [5.41, 5.74) is 1.62. The molecule has 0 aliphatic heterocycles. The molecule has 0 radical (unpaired) electrons. The Kier molecular flexibility index (Phi) is 4.82. The van der Waals surface area contributed by atoms with Crippen LogP contribution in [0.4, 0.5) is 5.69 Å². The van der Waals surface area contributed by atoms with E-state index in [0.29, 0.717) is 17.2 Å². The van der Waals surface area contributed by atoms with Gasteiger partial charge in [-0.05, 0) is 37.6 Å². The molecule has 0 aromatic heterocycles. The number of para-hydroxylation sites is 3. The van der Waals surface area contributed by atoms with Gasteiger partial charge in [-0.25, -0.2) is 0 Å². The van der Waals surface area contributed by atoms with Gasteiger partial charge < -0.3 is 14.8 Å². The number of hydrogen-bond acceptors (Lipinski definition) is 3. The van der Waals surface area contributed by atoms with Gasteiger partial charge in [-0.2, -0.15) is 0 Å². The first-order valence-corrected chi connectivity index (χ1v) is 6.78. The van der Waals surface area contributed by atoms with Crippen molar-refractivity contribution in [2.75, 3.05) is 12.4 Å². The molecule has 2 aromatic carbocycles. The van der Waals surface area contributed by atoms with Crippen molar-refractivity contribution in [2.24, 2.45) is 0 Å². The molecule has 0 aliphatic carbocycles. The number of amides is 1. The van der Waals surface area contributed by atoms with E-state index in [1.54, 1.807) is 26.2 Å².